The minimum Gasteiger partial charge on any atom is -0.329 e. The third-order valence-corrected chi connectivity index (χ3v) is 2.70. The third-order valence-electron chi connectivity index (χ3n) is 2.70. The lowest BCUT2D eigenvalue weighted by molar-refractivity contribution is -0.159. The van der Waals surface area contributed by atoms with Crippen molar-refractivity contribution in [1.82, 2.24) is 20.1 Å². The van der Waals surface area contributed by atoms with Crippen LogP contribution in [0.2, 0.25) is 0 Å². The van der Waals surface area contributed by atoms with E-state index in [1.165, 1.54) is 30.6 Å². The van der Waals surface area contributed by atoms with Crippen LogP contribution < -0.4 is 5.32 Å². The highest BCUT2D eigenvalue weighted by atomic mass is 19.4. The van der Waals surface area contributed by atoms with E-state index in [9.17, 15) is 17.6 Å². The molecule has 0 saturated heterocycles. The zero-order chi connectivity index (χ0) is 16.4. The van der Waals surface area contributed by atoms with Gasteiger partial charge in [0.25, 0.3) is 0 Å². The van der Waals surface area contributed by atoms with Gasteiger partial charge in [-0.3, -0.25) is 0 Å². The van der Waals surface area contributed by atoms with Crippen LogP contribution in [0.15, 0.2) is 41.2 Å². The van der Waals surface area contributed by atoms with Gasteiger partial charge in [-0.2, -0.15) is 18.2 Å². The van der Waals surface area contributed by atoms with Crippen molar-refractivity contribution in [2.24, 2.45) is 0 Å². The summed E-state index contributed by atoms with van der Waals surface area (Å²) in [5, 5.41) is 5.85. The van der Waals surface area contributed by atoms with Gasteiger partial charge >= 0.3 is 12.1 Å². The highest BCUT2D eigenvalue weighted by Crippen LogP contribution is 2.29. The van der Waals surface area contributed by atoms with Crippen LogP contribution in [0, 0.1) is 5.82 Å². The predicted octanol–water partition coefficient (Wildman–Crippen LogP) is 3.43. The summed E-state index contributed by atoms with van der Waals surface area (Å²) < 4.78 is 54.8. The largest absolute Gasteiger partial charge is 0.471 e. The van der Waals surface area contributed by atoms with E-state index in [1.54, 1.807) is 6.07 Å². The fraction of sp³-hybridized carbons (Fsp3) is 0.0769. The smallest absolute Gasteiger partial charge is 0.329 e. The Bertz CT molecular complexity index is 816. The Labute approximate surface area is 126 Å². The lowest BCUT2D eigenvalue weighted by atomic mass is 10.3. The number of anilines is 2. The molecule has 23 heavy (non-hydrogen) atoms. The molecule has 2 heterocycles. The number of hydrogen-bond acceptors (Lipinski definition) is 6. The van der Waals surface area contributed by atoms with Crippen molar-refractivity contribution in [1.29, 1.82) is 0 Å². The summed E-state index contributed by atoms with van der Waals surface area (Å²) in [6.07, 6.45) is -2.33. The standard InChI is InChI=1S/C13H7F4N5O/c14-8-3-1-2-4-9(8)20-12-18-5-7(6-19-12)10-21-11(23-22-10)13(15,16)17/h1-6H,(H,18,19,20). The normalized spacial score (nSPS) is 11.5. The quantitative estimate of drug-likeness (QED) is 0.744. The van der Waals surface area contributed by atoms with E-state index in [1.807, 2.05) is 0 Å². The molecular formula is C13H7F4N5O. The average molecular weight is 325 g/mol. The second-order valence-corrected chi connectivity index (χ2v) is 4.32. The van der Waals surface area contributed by atoms with Crippen LogP contribution in [-0.4, -0.2) is 20.1 Å². The molecule has 0 aliphatic heterocycles. The van der Waals surface area contributed by atoms with Crippen LogP contribution in [-0.2, 0) is 6.18 Å². The SMILES string of the molecule is Fc1ccccc1Nc1ncc(-c2noc(C(F)(F)F)n2)cn1. The molecule has 0 spiro atoms. The van der Waals surface area contributed by atoms with Gasteiger partial charge in [0.1, 0.15) is 5.82 Å². The summed E-state index contributed by atoms with van der Waals surface area (Å²) in [6, 6.07) is 5.90. The molecule has 118 valence electrons. The number of alkyl halides is 3. The maximum atomic E-state index is 13.5. The molecule has 10 heteroatoms. The minimum atomic E-state index is -4.72. The molecule has 0 fully saturated rings. The molecular weight excluding hydrogens is 318 g/mol. The van der Waals surface area contributed by atoms with Crippen molar-refractivity contribution in [3.63, 3.8) is 0 Å². The molecule has 2 aromatic heterocycles. The zero-order valence-corrected chi connectivity index (χ0v) is 11.2. The van der Waals surface area contributed by atoms with E-state index in [2.05, 4.69) is 29.9 Å². The summed E-state index contributed by atoms with van der Waals surface area (Å²) >= 11 is 0. The minimum absolute atomic E-state index is 0.0680. The number of nitrogens with zero attached hydrogens (tertiary/aromatic N) is 4. The molecule has 0 aliphatic carbocycles. The van der Waals surface area contributed by atoms with Gasteiger partial charge in [-0.05, 0) is 12.1 Å². The second-order valence-electron chi connectivity index (χ2n) is 4.32. The number of para-hydroxylation sites is 1. The number of hydrogen-bond donors (Lipinski definition) is 1. The van der Waals surface area contributed by atoms with Gasteiger partial charge in [0.2, 0.25) is 11.8 Å². The van der Waals surface area contributed by atoms with Crippen LogP contribution in [0.1, 0.15) is 5.89 Å². The molecule has 0 radical (unpaired) electrons. The molecule has 0 saturated carbocycles. The Hall–Kier alpha value is -3.04. The third kappa shape index (κ3) is 3.25. The van der Waals surface area contributed by atoms with E-state index in [-0.39, 0.29) is 23.0 Å². The first kappa shape index (κ1) is 14.9. The maximum Gasteiger partial charge on any atom is 0.471 e. The van der Waals surface area contributed by atoms with E-state index >= 15 is 0 Å². The topological polar surface area (TPSA) is 76.7 Å². The van der Waals surface area contributed by atoms with Crippen molar-refractivity contribution < 1.29 is 22.1 Å². The summed E-state index contributed by atoms with van der Waals surface area (Å²) in [5.41, 5.74) is 0.294. The van der Waals surface area contributed by atoms with Gasteiger partial charge < -0.3 is 9.84 Å². The van der Waals surface area contributed by atoms with E-state index < -0.39 is 17.9 Å². The zero-order valence-electron chi connectivity index (χ0n) is 11.2. The molecule has 0 aliphatic rings. The Morgan fingerprint density at radius 1 is 1.04 bits per heavy atom. The molecule has 0 amide bonds. The molecule has 6 nitrogen and oxygen atoms in total. The van der Waals surface area contributed by atoms with Gasteiger partial charge in [0.15, 0.2) is 0 Å². The first-order valence-electron chi connectivity index (χ1n) is 6.18. The van der Waals surface area contributed by atoms with Gasteiger partial charge in [-0.1, -0.05) is 17.3 Å². The van der Waals surface area contributed by atoms with Crippen LogP contribution >= 0.6 is 0 Å². The summed E-state index contributed by atoms with van der Waals surface area (Å²) in [5.74, 6) is -2.18. The Morgan fingerprint density at radius 3 is 2.35 bits per heavy atom. The van der Waals surface area contributed by atoms with Crippen molar-refractivity contribution in [2.75, 3.05) is 5.32 Å². The second kappa shape index (κ2) is 5.63. The highest BCUT2D eigenvalue weighted by molar-refractivity contribution is 5.56. The van der Waals surface area contributed by atoms with E-state index in [0.29, 0.717) is 0 Å². The molecule has 1 N–H and O–H groups in total. The van der Waals surface area contributed by atoms with Crippen LogP contribution in [0.3, 0.4) is 0 Å². The number of rotatable bonds is 3. The lowest BCUT2D eigenvalue weighted by Gasteiger charge is -2.05. The lowest BCUT2D eigenvalue weighted by Crippen LogP contribution is -2.05. The number of benzene rings is 1. The average Bonchev–Trinajstić information content (AvgIpc) is 3.00. The van der Waals surface area contributed by atoms with Gasteiger partial charge in [0, 0.05) is 12.4 Å². The molecule has 0 unspecified atom stereocenters. The van der Waals surface area contributed by atoms with Crippen molar-refractivity contribution in [3.8, 4) is 11.4 Å². The first-order chi connectivity index (χ1) is 10.9. The fourth-order valence-corrected chi connectivity index (χ4v) is 1.65. The summed E-state index contributed by atoms with van der Waals surface area (Å²) in [6.45, 7) is 0. The monoisotopic (exact) mass is 325 g/mol. The molecule has 3 aromatic rings. The maximum absolute atomic E-state index is 13.5. The Balaban J connectivity index is 1.80. The first-order valence-corrected chi connectivity index (χ1v) is 6.18. The fourth-order valence-electron chi connectivity index (χ4n) is 1.65. The highest BCUT2D eigenvalue weighted by Gasteiger charge is 2.38. The number of halogens is 4. The Kier molecular flexibility index (Phi) is 3.64. The Morgan fingerprint density at radius 2 is 1.74 bits per heavy atom. The summed E-state index contributed by atoms with van der Waals surface area (Å²) in [7, 11) is 0. The van der Waals surface area contributed by atoms with Gasteiger partial charge in [-0.25, -0.2) is 14.4 Å². The molecule has 1 aromatic carbocycles. The van der Waals surface area contributed by atoms with Gasteiger partial charge in [0.05, 0.1) is 11.3 Å². The van der Waals surface area contributed by atoms with E-state index in [0.717, 1.165) is 0 Å². The number of nitrogens with one attached hydrogen (secondary N) is 1. The van der Waals surface area contributed by atoms with Gasteiger partial charge in [-0.15, -0.1) is 0 Å². The van der Waals surface area contributed by atoms with E-state index in [4.69, 9.17) is 0 Å². The predicted molar refractivity (Wildman–Crippen MR) is 70.0 cm³/mol. The molecule has 3 rings (SSSR count). The number of aromatic nitrogens is 4. The van der Waals surface area contributed by atoms with Crippen molar-refractivity contribution >= 4 is 11.6 Å². The van der Waals surface area contributed by atoms with Crippen LogP contribution in [0.5, 0.6) is 0 Å². The molecule has 0 bridgehead atoms. The van der Waals surface area contributed by atoms with Crippen LogP contribution in [0.4, 0.5) is 29.2 Å². The van der Waals surface area contributed by atoms with Crippen molar-refractivity contribution in [3.05, 3.63) is 48.4 Å². The summed E-state index contributed by atoms with van der Waals surface area (Å²) in [4.78, 5) is 11.0. The van der Waals surface area contributed by atoms with Crippen LogP contribution in [0.25, 0.3) is 11.4 Å². The molecule has 0 atom stereocenters. The van der Waals surface area contributed by atoms with Crippen molar-refractivity contribution in [2.45, 2.75) is 6.18 Å².